The Morgan fingerprint density at radius 2 is 1.54 bits per heavy atom. The van der Waals surface area contributed by atoms with Gasteiger partial charge in [-0.3, -0.25) is 14.8 Å². The maximum Gasteiger partial charge on any atom is 0.203 e. The third kappa shape index (κ3) is 5.38. The molecule has 10 nitrogen and oxygen atoms in total. The molecule has 0 aliphatic carbocycles. The van der Waals surface area contributed by atoms with E-state index in [2.05, 4.69) is 63.2 Å². The molecule has 0 amide bonds. The molecule has 1 atom stereocenters. The second-order valence-corrected chi connectivity index (χ2v) is 9.65. The Morgan fingerprint density at radius 3 is 2.09 bits per heavy atom. The lowest BCUT2D eigenvalue weighted by atomic mass is 10.00. The van der Waals surface area contributed by atoms with Gasteiger partial charge in [0.25, 0.3) is 0 Å². The Kier molecular flexibility index (Phi) is 7.51. The summed E-state index contributed by atoms with van der Waals surface area (Å²) in [5.74, 6) is 2.57. The Hall–Kier alpha value is -3.24. The number of methoxy groups -OCH3 is 3. The summed E-state index contributed by atoms with van der Waals surface area (Å²) in [6.45, 7) is 10.8. The third-order valence-corrected chi connectivity index (χ3v) is 6.30. The van der Waals surface area contributed by atoms with Crippen LogP contribution in [0.4, 0.5) is 0 Å². The highest BCUT2D eigenvalue weighted by Gasteiger charge is 2.34. The Labute approximate surface area is 206 Å². The van der Waals surface area contributed by atoms with E-state index in [0.717, 1.165) is 44.1 Å². The van der Waals surface area contributed by atoms with Gasteiger partial charge in [-0.15, -0.1) is 5.10 Å². The van der Waals surface area contributed by atoms with Gasteiger partial charge in [-0.2, -0.15) is 0 Å². The summed E-state index contributed by atoms with van der Waals surface area (Å²) in [4.78, 5) is 9.02. The molecule has 10 heteroatoms. The van der Waals surface area contributed by atoms with Crippen molar-refractivity contribution in [3.63, 3.8) is 0 Å². The molecule has 188 valence electrons. The van der Waals surface area contributed by atoms with Crippen LogP contribution in [0.3, 0.4) is 0 Å². The first-order valence-corrected chi connectivity index (χ1v) is 11.8. The normalized spacial score (nSPS) is 16.2. The first-order chi connectivity index (χ1) is 16.9. The highest BCUT2D eigenvalue weighted by Crippen LogP contribution is 2.42. The van der Waals surface area contributed by atoms with E-state index < -0.39 is 0 Å². The van der Waals surface area contributed by atoms with Crippen LogP contribution in [-0.4, -0.2) is 82.5 Å². The number of benzene rings is 1. The summed E-state index contributed by atoms with van der Waals surface area (Å²) in [5.41, 5.74) is 1.98. The minimum Gasteiger partial charge on any atom is -0.493 e. The fourth-order valence-corrected chi connectivity index (χ4v) is 4.55. The van der Waals surface area contributed by atoms with Crippen LogP contribution in [0.2, 0.25) is 0 Å². The van der Waals surface area contributed by atoms with E-state index in [1.807, 2.05) is 29.2 Å². The Bertz CT molecular complexity index is 1080. The van der Waals surface area contributed by atoms with Crippen molar-refractivity contribution in [1.82, 2.24) is 35.0 Å². The molecule has 1 fully saturated rings. The van der Waals surface area contributed by atoms with Gasteiger partial charge < -0.3 is 14.2 Å². The van der Waals surface area contributed by atoms with Gasteiger partial charge in [-0.1, -0.05) is 0 Å². The molecule has 1 saturated heterocycles. The van der Waals surface area contributed by atoms with Crippen molar-refractivity contribution in [1.29, 1.82) is 0 Å². The van der Waals surface area contributed by atoms with Crippen LogP contribution in [0.5, 0.6) is 17.2 Å². The highest BCUT2D eigenvalue weighted by molar-refractivity contribution is 5.55. The van der Waals surface area contributed by atoms with Gasteiger partial charge in [0, 0.05) is 45.1 Å². The van der Waals surface area contributed by atoms with Gasteiger partial charge in [0.1, 0.15) is 0 Å². The molecule has 0 unspecified atom stereocenters. The van der Waals surface area contributed by atoms with Gasteiger partial charge >= 0.3 is 0 Å². The molecule has 0 saturated carbocycles. The van der Waals surface area contributed by atoms with Crippen molar-refractivity contribution in [2.75, 3.05) is 47.5 Å². The molecule has 1 aliphatic heterocycles. The largest absolute Gasteiger partial charge is 0.493 e. The van der Waals surface area contributed by atoms with Gasteiger partial charge in [-0.05, 0) is 66.6 Å². The second-order valence-electron chi connectivity index (χ2n) is 9.65. The molecule has 0 spiro atoms. The summed E-state index contributed by atoms with van der Waals surface area (Å²) in [6.07, 6.45) is 3.69. The van der Waals surface area contributed by atoms with Crippen molar-refractivity contribution in [2.45, 2.75) is 38.9 Å². The summed E-state index contributed by atoms with van der Waals surface area (Å²) in [6, 6.07) is 7.96. The zero-order chi connectivity index (χ0) is 25.0. The molecule has 3 heterocycles. The average Bonchev–Trinajstić information content (AvgIpc) is 3.35. The monoisotopic (exact) mass is 481 g/mol. The SMILES string of the molecule is COc1cc([C@H](c2nnnn2C(C)(C)C)N2CCN(Cc3ccncc3)CC2)cc(OC)c1OC. The van der Waals surface area contributed by atoms with Crippen molar-refractivity contribution in [3.8, 4) is 17.2 Å². The molecular formula is C25H35N7O3. The molecule has 0 N–H and O–H groups in total. The number of piperazine rings is 1. The number of rotatable bonds is 8. The summed E-state index contributed by atoms with van der Waals surface area (Å²) < 4.78 is 18.8. The molecule has 0 bridgehead atoms. The number of aromatic nitrogens is 5. The van der Waals surface area contributed by atoms with Crippen molar-refractivity contribution in [3.05, 3.63) is 53.6 Å². The standard InChI is InChI=1S/C25H35N7O3/c1-25(2,3)32-24(27-28-29-32)22(19-15-20(33-4)23(35-6)21(16-19)34-5)31-13-11-30(12-14-31)17-18-7-9-26-10-8-18/h7-10,15-16,22H,11-14,17H2,1-6H3/t22-/m1/s1. The third-order valence-electron chi connectivity index (χ3n) is 6.30. The van der Waals surface area contributed by atoms with E-state index in [0.29, 0.717) is 17.2 Å². The number of tetrazole rings is 1. The van der Waals surface area contributed by atoms with E-state index in [-0.39, 0.29) is 11.6 Å². The van der Waals surface area contributed by atoms with E-state index in [1.165, 1.54) is 5.56 Å². The maximum absolute atomic E-state index is 5.66. The summed E-state index contributed by atoms with van der Waals surface area (Å²) in [7, 11) is 4.88. The Morgan fingerprint density at radius 1 is 0.914 bits per heavy atom. The highest BCUT2D eigenvalue weighted by atomic mass is 16.5. The fourth-order valence-electron chi connectivity index (χ4n) is 4.55. The number of hydrogen-bond acceptors (Lipinski definition) is 9. The summed E-state index contributed by atoms with van der Waals surface area (Å²) in [5, 5.41) is 12.9. The first kappa shape index (κ1) is 24.9. The van der Waals surface area contributed by atoms with Gasteiger partial charge in [-0.25, -0.2) is 4.68 Å². The Balaban J connectivity index is 1.69. The zero-order valence-electron chi connectivity index (χ0n) is 21.4. The maximum atomic E-state index is 5.66. The molecule has 0 radical (unpaired) electrons. The van der Waals surface area contributed by atoms with E-state index in [4.69, 9.17) is 14.2 Å². The predicted molar refractivity (Wildman–Crippen MR) is 132 cm³/mol. The number of nitrogens with zero attached hydrogens (tertiary/aromatic N) is 7. The van der Waals surface area contributed by atoms with E-state index in [9.17, 15) is 0 Å². The molecule has 4 rings (SSSR count). The van der Waals surface area contributed by atoms with E-state index >= 15 is 0 Å². The molecular weight excluding hydrogens is 446 g/mol. The lowest BCUT2D eigenvalue weighted by Crippen LogP contribution is -2.48. The van der Waals surface area contributed by atoms with Crippen molar-refractivity contribution in [2.24, 2.45) is 0 Å². The van der Waals surface area contributed by atoms with Crippen LogP contribution in [0.25, 0.3) is 0 Å². The van der Waals surface area contributed by atoms with Gasteiger partial charge in [0.2, 0.25) is 5.75 Å². The molecule has 1 aromatic carbocycles. The van der Waals surface area contributed by atoms with Crippen molar-refractivity contribution < 1.29 is 14.2 Å². The van der Waals surface area contributed by atoms with Crippen LogP contribution >= 0.6 is 0 Å². The predicted octanol–water partition coefficient (Wildman–Crippen LogP) is 2.76. The van der Waals surface area contributed by atoms with Crippen LogP contribution in [0.15, 0.2) is 36.7 Å². The number of ether oxygens (including phenoxy) is 3. The lowest BCUT2D eigenvalue weighted by Gasteiger charge is -2.39. The number of hydrogen-bond donors (Lipinski definition) is 0. The molecule has 3 aromatic rings. The lowest BCUT2D eigenvalue weighted by molar-refractivity contribution is 0.0977. The van der Waals surface area contributed by atoms with Crippen LogP contribution in [0, 0.1) is 0 Å². The summed E-state index contributed by atoms with van der Waals surface area (Å²) >= 11 is 0. The first-order valence-electron chi connectivity index (χ1n) is 11.8. The van der Waals surface area contributed by atoms with Crippen LogP contribution in [0.1, 0.15) is 43.8 Å². The zero-order valence-corrected chi connectivity index (χ0v) is 21.4. The number of pyridine rings is 1. The van der Waals surface area contributed by atoms with Crippen LogP contribution < -0.4 is 14.2 Å². The van der Waals surface area contributed by atoms with Crippen molar-refractivity contribution >= 4 is 0 Å². The van der Waals surface area contributed by atoms with Gasteiger partial charge in [0.05, 0.1) is 32.9 Å². The van der Waals surface area contributed by atoms with Crippen LogP contribution in [-0.2, 0) is 12.1 Å². The van der Waals surface area contributed by atoms with Gasteiger partial charge in [0.15, 0.2) is 17.3 Å². The average molecular weight is 482 g/mol. The molecule has 1 aliphatic rings. The molecule has 2 aromatic heterocycles. The minimum atomic E-state index is -0.277. The fraction of sp³-hybridized carbons (Fsp3) is 0.520. The minimum absolute atomic E-state index is 0.180. The quantitative estimate of drug-likeness (QED) is 0.482. The topological polar surface area (TPSA) is 90.7 Å². The van der Waals surface area contributed by atoms with E-state index in [1.54, 1.807) is 21.3 Å². The molecule has 35 heavy (non-hydrogen) atoms. The second kappa shape index (κ2) is 10.6. The smallest absolute Gasteiger partial charge is 0.203 e.